The van der Waals surface area contributed by atoms with Crippen molar-refractivity contribution in [1.82, 2.24) is 14.1 Å². The molecule has 0 N–H and O–H groups in total. The number of fused-ring (bicyclic) bond motifs is 3. The van der Waals surface area contributed by atoms with Crippen LogP contribution in [0.15, 0.2) is 48.7 Å². The molecule has 4 heterocycles. The van der Waals surface area contributed by atoms with E-state index in [1.165, 1.54) is 18.4 Å². The van der Waals surface area contributed by atoms with E-state index >= 15 is 0 Å². The lowest BCUT2D eigenvalue weighted by atomic mass is 9.88. The smallest absolute Gasteiger partial charge is 0.211 e. The summed E-state index contributed by atoms with van der Waals surface area (Å²) in [7, 11) is -3.13. The number of hydrogen-bond donors (Lipinski definition) is 0. The summed E-state index contributed by atoms with van der Waals surface area (Å²) in [6.45, 7) is 1.09. The van der Waals surface area contributed by atoms with Crippen molar-refractivity contribution in [3.05, 3.63) is 54.5 Å². The van der Waals surface area contributed by atoms with E-state index in [9.17, 15) is 12.8 Å². The van der Waals surface area contributed by atoms with Gasteiger partial charge in [0.15, 0.2) is 0 Å². The van der Waals surface area contributed by atoms with E-state index in [1.54, 1.807) is 27.3 Å². The van der Waals surface area contributed by atoms with Gasteiger partial charge in [0, 0.05) is 36.2 Å². The Hall–Kier alpha value is -2.45. The topological polar surface area (TPSA) is 58.4 Å². The average Bonchev–Trinajstić information content (AvgIpc) is 3.05. The highest BCUT2D eigenvalue weighted by Crippen LogP contribution is 2.38. The van der Waals surface area contributed by atoms with Crippen LogP contribution in [-0.2, 0) is 10.0 Å². The van der Waals surface area contributed by atoms with Crippen molar-refractivity contribution in [2.45, 2.75) is 18.5 Å². The van der Waals surface area contributed by atoms with Crippen LogP contribution in [0.2, 0.25) is 0 Å². The number of halogens is 1. The molecule has 2 aromatic carbocycles. The maximum Gasteiger partial charge on any atom is 0.211 e. The normalized spacial score (nSPS) is 22.8. The van der Waals surface area contributed by atoms with Crippen LogP contribution in [0.3, 0.4) is 0 Å². The molecule has 140 valence electrons. The number of benzene rings is 2. The van der Waals surface area contributed by atoms with Crippen LogP contribution in [0.5, 0.6) is 0 Å². The third-order valence-corrected chi connectivity index (χ3v) is 6.79. The molecular formula is C19H19FN4O2S. The number of piperazine rings is 1. The van der Waals surface area contributed by atoms with Gasteiger partial charge in [0.2, 0.25) is 10.0 Å². The van der Waals surface area contributed by atoms with Crippen molar-refractivity contribution >= 4 is 26.6 Å². The predicted molar refractivity (Wildman–Crippen MR) is 102 cm³/mol. The summed E-state index contributed by atoms with van der Waals surface area (Å²) >= 11 is 0. The molecule has 6 rings (SSSR count). The third kappa shape index (κ3) is 2.71. The van der Waals surface area contributed by atoms with Crippen LogP contribution < -0.4 is 4.90 Å². The molecule has 0 radical (unpaired) electrons. The molecule has 0 amide bonds. The van der Waals surface area contributed by atoms with Gasteiger partial charge < -0.3 is 4.90 Å². The molecule has 6 nitrogen and oxygen atoms in total. The van der Waals surface area contributed by atoms with E-state index in [0.717, 1.165) is 28.7 Å². The quantitative estimate of drug-likeness (QED) is 0.694. The molecule has 2 atom stereocenters. The number of piperidine rings is 1. The second-order valence-electron chi connectivity index (χ2n) is 7.31. The lowest BCUT2D eigenvalue weighted by Crippen LogP contribution is -2.69. The average molecular weight is 386 g/mol. The third-order valence-electron chi connectivity index (χ3n) is 5.55. The zero-order valence-corrected chi connectivity index (χ0v) is 15.6. The molecule has 3 fully saturated rings. The number of aromatic nitrogens is 2. The van der Waals surface area contributed by atoms with E-state index in [2.05, 4.69) is 22.1 Å². The van der Waals surface area contributed by atoms with Crippen molar-refractivity contribution in [1.29, 1.82) is 0 Å². The minimum atomic E-state index is -3.13. The van der Waals surface area contributed by atoms with Crippen LogP contribution in [0.25, 0.3) is 16.6 Å². The van der Waals surface area contributed by atoms with Gasteiger partial charge in [-0.1, -0.05) is 0 Å². The van der Waals surface area contributed by atoms with Gasteiger partial charge in [-0.15, -0.1) is 0 Å². The van der Waals surface area contributed by atoms with Crippen molar-refractivity contribution in [2.24, 2.45) is 0 Å². The summed E-state index contributed by atoms with van der Waals surface area (Å²) in [6.07, 6.45) is 4.11. The van der Waals surface area contributed by atoms with Crippen LogP contribution in [0, 0.1) is 5.82 Å². The minimum Gasteiger partial charge on any atom is -0.363 e. The lowest BCUT2D eigenvalue weighted by molar-refractivity contribution is 0.184. The number of nitrogens with zero attached hydrogens (tertiary/aromatic N) is 4. The standard InChI is InChI=1S/C19H19FN4O2S/c1-27(25,26)22-11-17-9-18(12-22)23(17)16-6-7-19-13(8-16)10-21-24(19)15-4-2-14(20)3-5-15/h2-8,10,17-18H,9,11-12H2,1H3. The fraction of sp³-hybridized carbons (Fsp3) is 0.316. The number of anilines is 1. The van der Waals surface area contributed by atoms with Crippen molar-refractivity contribution in [3.8, 4) is 5.69 Å². The van der Waals surface area contributed by atoms with E-state index in [4.69, 9.17) is 0 Å². The summed E-state index contributed by atoms with van der Waals surface area (Å²) < 4.78 is 40.1. The molecule has 3 saturated heterocycles. The monoisotopic (exact) mass is 386 g/mol. The first-order valence-electron chi connectivity index (χ1n) is 8.87. The van der Waals surface area contributed by atoms with E-state index in [-0.39, 0.29) is 17.9 Å². The molecule has 3 aromatic rings. The van der Waals surface area contributed by atoms with Gasteiger partial charge in [-0.25, -0.2) is 17.5 Å². The summed E-state index contributed by atoms with van der Waals surface area (Å²) in [5, 5.41) is 5.45. The number of hydrogen-bond acceptors (Lipinski definition) is 4. The van der Waals surface area contributed by atoms with Gasteiger partial charge in [0.05, 0.1) is 23.7 Å². The highest BCUT2D eigenvalue weighted by Gasteiger charge is 2.46. The maximum absolute atomic E-state index is 13.2. The summed E-state index contributed by atoms with van der Waals surface area (Å²) in [5.74, 6) is -0.273. The highest BCUT2D eigenvalue weighted by atomic mass is 32.2. The molecule has 3 aliphatic rings. The molecule has 8 heteroatoms. The Kier molecular flexibility index (Phi) is 3.57. The van der Waals surface area contributed by atoms with Gasteiger partial charge in [-0.2, -0.15) is 9.40 Å². The molecule has 0 aliphatic carbocycles. The predicted octanol–water partition coefficient (Wildman–Crippen LogP) is 2.39. The molecule has 2 unspecified atom stereocenters. The van der Waals surface area contributed by atoms with Gasteiger partial charge in [0.25, 0.3) is 0 Å². The van der Waals surface area contributed by atoms with Crippen LogP contribution in [-0.4, -0.2) is 53.9 Å². The second kappa shape index (κ2) is 5.77. The number of sulfonamides is 1. The Morgan fingerprint density at radius 1 is 1.04 bits per heavy atom. The van der Waals surface area contributed by atoms with E-state index < -0.39 is 10.0 Å². The fourth-order valence-electron chi connectivity index (χ4n) is 4.23. The highest BCUT2D eigenvalue weighted by molar-refractivity contribution is 7.88. The zero-order valence-electron chi connectivity index (χ0n) is 14.8. The Bertz CT molecular complexity index is 1110. The molecule has 2 bridgehead atoms. The second-order valence-corrected chi connectivity index (χ2v) is 9.29. The Morgan fingerprint density at radius 2 is 1.70 bits per heavy atom. The first kappa shape index (κ1) is 16.7. The molecule has 3 aliphatic heterocycles. The van der Waals surface area contributed by atoms with E-state index in [0.29, 0.717) is 13.1 Å². The molecule has 0 spiro atoms. The van der Waals surface area contributed by atoms with Crippen molar-refractivity contribution in [2.75, 3.05) is 24.2 Å². The summed E-state index contributed by atoms with van der Waals surface area (Å²) in [4.78, 5) is 2.32. The van der Waals surface area contributed by atoms with Gasteiger partial charge in [0.1, 0.15) is 5.82 Å². The van der Waals surface area contributed by atoms with Gasteiger partial charge >= 0.3 is 0 Å². The minimum absolute atomic E-state index is 0.225. The van der Waals surface area contributed by atoms with Crippen LogP contribution in [0.4, 0.5) is 10.1 Å². The largest absolute Gasteiger partial charge is 0.363 e. The van der Waals surface area contributed by atoms with Crippen LogP contribution >= 0.6 is 0 Å². The SMILES string of the molecule is CS(=O)(=O)N1CC2CC(C1)N2c1ccc2c(cnn2-c2ccc(F)cc2)c1. The van der Waals surface area contributed by atoms with Gasteiger partial charge in [-0.3, -0.25) is 0 Å². The first-order valence-corrected chi connectivity index (χ1v) is 10.7. The lowest BCUT2D eigenvalue weighted by Gasteiger charge is -2.57. The Balaban J connectivity index is 1.45. The summed E-state index contributed by atoms with van der Waals surface area (Å²) in [6, 6.07) is 12.9. The molecule has 27 heavy (non-hydrogen) atoms. The zero-order chi connectivity index (χ0) is 18.8. The number of rotatable bonds is 3. The molecule has 1 aromatic heterocycles. The summed E-state index contributed by atoms with van der Waals surface area (Å²) in [5.41, 5.74) is 2.85. The molecular weight excluding hydrogens is 367 g/mol. The van der Waals surface area contributed by atoms with E-state index in [1.807, 2.05) is 6.07 Å². The maximum atomic E-state index is 13.2. The van der Waals surface area contributed by atoms with Crippen molar-refractivity contribution in [3.63, 3.8) is 0 Å². The first-order chi connectivity index (χ1) is 12.9. The Labute approximate surface area is 156 Å². The fourth-order valence-corrected chi connectivity index (χ4v) is 5.12. The molecule has 0 saturated carbocycles. The Morgan fingerprint density at radius 3 is 2.37 bits per heavy atom. The van der Waals surface area contributed by atoms with Crippen LogP contribution in [0.1, 0.15) is 6.42 Å². The van der Waals surface area contributed by atoms with Crippen molar-refractivity contribution < 1.29 is 12.8 Å². The van der Waals surface area contributed by atoms with Gasteiger partial charge in [-0.05, 0) is 48.9 Å².